The fraction of sp³-hybridized carbons (Fsp3) is 0.231. The molecule has 0 saturated carbocycles. The summed E-state index contributed by atoms with van der Waals surface area (Å²) in [5.41, 5.74) is 6.24. The van der Waals surface area contributed by atoms with Crippen LogP contribution in [0.3, 0.4) is 0 Å². The van der Waals surface area contributed by atoms with Gasteiger partial charge in [0.05, 0.1) is 7.11 Å². The highest BCUT2D eigenvalue weighted by Gasteiger charge is 2.26. The Bertz CT molecular complexity index is 551. The van der Waals surface area contributed by atoms with E-state index < -0.39 is 5.97 Å². The molecule has 0 atom stereocenters. The highest BCUT2D eigenvalue weighted by molar-refractivity contribution is 5.97. The van der Waals surface area contributed by atoms with Gasteiger partial charge in [0, 0.05) is 12.1 Å². The van der Waals surface area contributed by atoms with Crippen LogP contribution in [0.15, 0.2) is 34.9 Å². The third-order valence-corrected chi connectivity index (χ3v) is 2.44. The molecular formula is C13H14N2O4. The highest BCUT2D eigenvalue weighted by Crippen LogP contribution is 2.31. The van der Waals surface area contributed by atoms with Crippen LogP contribution in [0, 0.1) is 0 Å². The molecular weight excluding hydrogens is 248 g/mol. The molecule has 0 aliphatic heterocycles. The summed E-state index contributed by atoms with van der Waals surface area (Å²) in [5, 5.41) is 3.75. The molecule has 0 radical (unpaired) electrons. The van der Waals surface area contributed by atoms with E-state index in [1.165, 1.54) is 7.11 Å². The third-order valence-electron chi connectivity index (χ3n) is 2.44. The first kappa shape index (κ1) is 13.1. The number of hydrogen-bond donors (Lipinski definition) is 1. The van der Waals surface area contributed by atoms with Gasteiger partial charge in [-0.3, -0.25) is 0 Å². The number of carbonyl (C=O) groups excluding carboxylic acids is 1. The Balaban J connectivity index is 2.44. The number of methoxy groups -OCH3 is 1. The lowest BCUT2D eigenvalue weighted by Crippen LogP contribution is -2.13. The first-order chi connectivity index (χ1) is 9.27. The molecule has 6 nitrogen and oxygen atoms in total. The number of ether oxygens (including phenoxy) is 2. The van der Waals surface area contributed by atoms with Gasteiger partial charge in [-0.2, -0.15) is 0 Å². The van der Waals surface area contributed by atoms with Crippen LogP contribution in [0.1, 0.15) is 10.4 Å². The number of aromatic nitrogens is 1. The molecule has 0 aliphatic carbocycles. The van der Waals surface area contributed by atoms with Gasteiger partial charge in [0.25, 0.3) is 5.88 Å². The van der Waals surface area contributed by atoms with Crippen LogP contribution >= 0.6 is 0 Å². The van der Waals surface area contributed by atoms with Gasteiger partial charge in [-0.1, -0.05) is 30.3 Å². The molecule has 2 N–H and O–H groups in total. The lowest BCUT2D eigenvalue weighted by atomic mass is 10.1. The van der Waals surface area contributed by atoms with Gasteiger partial charge < -0.3 is 19.7 Å². The Hall–Kier alpha value is -2.34. The van der Waals surface area contributed by atoms with Crippen LogP contribution in [-0.4, -0.2) is 31.4 Å². The van der Waals surface area contributed by atoms with Crippen molar-refractivity contribution in [1.82, 2.24) is 5.16 Å². The monoisotopic (exact) mass is 262 g/mol. The number of carbonyl (C=O) groups is 1. The van der Waals surface area contributed by atoms with E-state index in [4.69, 9.17) is 19.7 Å². The summed E-state index contributed by atoms with van der Waals surface area (Å²) in [6.07, 6.45) is 0. The summed E-state index contributed by atoms with van der Waals surface area (Å²) in [4.78, 5) is 11.8. The summed E-state index contributed by atoms with van der Waals surface area (Å²) in [6.45, 7) is 0.554. The smallest absolute Gasteiger partial charge is 0.347 e. The summed E-state index contributed by atoms with van der Waals surface area (Å²) in [5.74, 6) is -0.150. The van der Waals surface area contributed by atoms with Crippen molar-refractivity contribution in [2.75, 3.05) is 20.3 Å². The molecule has 0 unspecified atom stereocenters. The minimum atomic E-state index is -0.563. The van der Waals surface area contributed by atoms with Gasteiger partial charge >= 0.3 is 5.97 Å². The van der Waals surface area contributed by atoms with Crippen molar-refractivity contribution in [2.24, 2.45) is 5.73 Å². The number of nitrogens with zero attached hydrogens (tertiary/aromatic N) is 1. The van der Waals surface area contributed by atoms with Gasteiger partial charge in [-0.15, -0.1) is 0 Å². The molecule has 0 saturated heterocycles. The Labute approximate surface area is 110 Å². The quantitative estimate of drug-likeness (QED) is 0.821. The summed E-state index contributed by atoms with van der Waals surface area (Å²) in [7, 11) is 1.29. The van der Waals surface area contributed by atoms with Gasteiger partial charge in [0.1, 0.15) is 6.61 Å². The SMILES string of the molecule is COC(=O)c1c(OCCN)noc1-c1ccccc1. The lowest BCUT2D eigenvalue weighted by molar-refractivity contribution is 0.0597. The van der Waals surface area contributed by atoms with E-state index in [2.05, 4.69) is 5.16 Å². The van der Waals surface area contributed by atoms with E-state index in [0.717, 1.165) is 5.56 Å². The van der Waals surface area contributed by atoms with Crippen LogP contribution in [0.25, 0.3) is 11.3 Å². The predicted octanol–water partition coefficient (Wildman–Crippen LogP) is 1.47. The molecule has 2 aromatic rings. The summed E-state index contributed by atoms with van der Waals surface area (Å²) >= 11 is 0. The van der Waals surface area contributed by atoms with Gasteiger partial charge in [-0.05, 0) is 5.16 Å². The van der Waals surface area contributed by atoms with Gasteiger partial charge in [-0.25, -0.2) is 4.79 Å². The number of rotatable bonds is 5. The minimum Gasteiger partial charge on any atom is -0.474 e. The maximum atomic E-state index is 11.8. The summed E-state index contributed by atoms with van der Waals surface area (Å²) < 4.78 is 15.2. The van der Waals surface area contributed by atoms with E-state index in [0.29, 0.717) is 12.3 Å². The topological polar surface area (TPSA) is 87.6 Å². The average molecular weight is 262 g/mol. The Morgan fingerprint density at radius 1 is 1.37 bits per heavy atom. The third kappa shape index (κ3) is 2.74. The van der Waals surface area contributed by atoms with Crippen molar-refractivity contribution in [3.8, 4) is 17.2 Å². The predicted molar refractivity (Wildman–Crippen MR) is 67.8 cm³/mol. The molecule has 1 aromatic heterocycles. The molecule has 0 spiro atoms. The number of nitrogens with two attached hydrogens (primary N) is 1. The normalized spacial score (nSPS) is 10.2. The van der Waals surface area contributed by atoms with E-state index in [-0.39, 0.29) is 18.1 Å². The minimum absolute atomic E-state index is 0.0937. The fourth-order valence-corrected chi connectivity index (χ4v) is 1.60. The van der Waals surface area contributed by atoms with E-state index >= 15 is 0 Å². The summed E-state index contributed by atoms with van der Waals surface area (Å²) in [6, 6.07) is 9.14. The standard InChI is InChI=1S/C13H14N2O4/c1-17-13(16)10-11(9-5-3-2-4-6-9)19-15-12(10)18-8-7-14/h2-6H,7-8,14H2,1H3. The second kappa shape index (κ2) is 6.01. The van der Waals surface area contributed by atoms with Gasteiger partial charge in [0.2, 0.25) is 0 Å². The van der Waals surface area contributed by atoms with E-state index in [1.54, 1.807) is 12.1 Å². The maximum absolute atomic E-state index is 11.8. The van der Waals surface area contributed by atoms with Crippen LogP contribution < -0.4 is 10.5 Å². The van der Waals surface area contributed by atoms with E-state index in [9.17, 15) is 4.79 Å². The van der Waals surface area contributed by atoms with E-state index in [1.807, 2.05) is 18.2 Å². The van der Waals surface area contributed by atoms with Crippen LogP contribution in [0.4, 0.5) is 0 Å². The molecule has 100 valence electrons. The largest absolute Gasteiger partial charge is 0.474 e. The molecule has 1 heterocycles. The lowest BCUT2D eigenvalue weighted by Gasteiger charge is -2.03. The van der Waals surface area contributed by atoms with Crippen LogP contribution in [0.2, 0.25) is 0 Å². The second-order valence-electron chi connectivity index (χ2n) is 3.69. The van der Waals surface area contributed by atoms with Crippen molar-refractivity contribution < 1.29 is 18.8 Å². The molecule has 19 heavy (non-hydrogen) atoms. The zero-order valence-corrected chi connectivity index (χ0v) is 10.5. The molecule has 0 fully saturated rings. The van der Waals surface area contributed by atoms with Crippen molar-refractivity contribution in [2.45, 2.75) is 0 Å². The highest BCUT2D eigenvalue weighted by atomic mass is 16.6. The molecule has 0 bridgehead atoms. The first-order valence-corrected chi connectivity index (χ1v) is 5.74. The number of benzene rings is 1. The molecule has 1 aromatic carbocycles. The average Bonchev–Trinajstić information content (AvgIpc) is 2.89. The number of esters is 1. The first-order valence-electron chi connectivity index (χ1n) is 5.74. The van der Waals surface area contributed by atoms with Crippen molar-refractivity contribution in [1.29, 1.82) is 0 Å². The van der Waals surface area contributed by atoms with Crippen molar-refractivity contribution >= 4 is 5.97 Å². The molecule has 2 rings (SSSR count). The molecule has 6 heteroatoms. The maximum Gasteiger partial charge on any atom is 0.347 e. The zero-order chi connectivity index (χ0) is 13.7. The second-order valence-corrected chi connectivity index (χ2v) is 3.69. The van der Waals surface area contributed by atoms with Crippen LogP contribution in [0.5, 0.6) is 5.88 Å². The zero-order valence-electron chi connectivity index (χ0n) is 10.5. The number of hydrogen-bond acceptors (Lipinski definition) is 6. The van der Waals surface area contributed by atoms with Crippen molar-refractivity contribution in [3.05, 3.63) is 35.9 Å². The Morgan fingerprint density at radius 2 is 2.11 bits per heavy atom. The van der Waals surface area contributed by atoms with Crippen molar-refractivity contribution in [3.63, 3.8) is 0 Å². The Morgan fingerprint density at radius 3 is 2.74 bits per heavy atom. The fourth-order valence-electron chi connectivity index (χ4n) is 1.60. The molecule has 0 amide bonds. The molecule has 0 aliphatic rings. The van der Waals surface area contributed by atoms with Gasteiger partial charge in [0.15, 0.2) is 11.3 Å². The van der Waals surface area contributed by atoms with Crippen LogP contribution in [-0.2, 0) is 4.74 Å². The Kier molecular flexibility index (Phi) is 4.15.